The van der Waals surface area contributed by atoms with Crippen molar-refractivity contribution in [2.24, 2.45) is 5.92 Å². The zero-order valence-corrected chi connectivity index (χ0v) is 14.9. The summed E-state index contributed by atoms with van der Waals surface area (Å²) in [6.07, 6.45) is 7.02. The first-order valence-corrected chi connectivity index (χ1v) is 9.55. The van der Waals surface area contributed by atoms with Crippen LogP contribution < -0.4 is 0 Å². The summed E-state index contributed by atoms with van der Waals surface area (Å²) >= 11 is 0. The van der Waals surface area contributed by atoms with Crippen LogP contribution in [-0.2, 0) is 9.53 Å². The Labute approximate surface area is 153 Å². The molecule has 1 amide bonds. The maximum Gasteiger partial charge on any atom is 0.357 e. The summed E-state index contributed by atoms with van der Waals surface area (Å²) in [5.41, 5.74) is 0.986. The van der Waals surface area contributed by atoms with Crippen LogP contribution >= 0.6 is 0 Å². The molecule has 1 aliphatic carbocycles. The predicted octanol–water partition coefficient (Wildman–Crippen LogP) is 3.57. The van der Waals surface area contributed by atoms with Gasteiger partial charge in [0.2, 0.25) is 0 Å². The van der Waals surface area contributed by atoms with E-state index < -0.39 is 5.97 Å². The molecule has 136 valence electrons. The van der Waals surface area contributed by atoms with Crippen molar-refractivity contribution in [2.75, 3.05) is 13.2 Å². The number of carbonyl (C=O) groups excluding carboxylic acids is 2. The summed E-state index contributed by atoms with van der Waals surface area (Å²) in [5.74, 6) is 0.0105. The molecule has 2 fully saturated rings. The number of esters is 1. The van der Waals surface area contributed by atoms with Crippen LogP contribution in [0.5, 0.6) is 0 Å². The summed E-state index contributed by atoms with van der Waals surface area (Å²) in [4.78, 5) is 31.2. The number of pyridine rings is 1. The van der Waals surface area contributed by atoms with Crippen molar-refractivity contribution >= 4 is 22.8 Å². The van der Waals surface area contributed by atoms with Gasteiger partial charge in [0.1, 0.15) is 5.69 Å². The highest BCUT2D eigenvalue weighted by Gasteiger charge is 2.35. The van der Waals surface area contributed by atoms with Crippen molar-refractivity contribution in [1.82, 2.24) is 9.88 Å². The van der Waals surface area contributed by atoms with Gasteiger partial charge in [-0.25, -0.2) is 9.78 Å². The van der Waals surface area contributed by atoms with Gasteiger partial charge in [-0.3, -0.25) is 4.79 Å². The van der Waals surface area contributed by atoms with Crippen molar-refractivity contribution in [2.45, 2.75) is 44.6 Å². The summed E-state index contributed by atoms with van der Waals surface area (Å²) in [5, 5.41) is 0.969. The van der Waals surface area contributed by atoms with Gasteiger partial charge in [0.25, 0.3) is 5.91 Å². The largest absolute Gasteiger partial charge is 0.451 e. The van der Waals surface area contributed by atoms with Gasteiger partial charge in [-0.1, -0.05) is 37.1 Å². The third-order valence-corrected chi connectivity index (χ3v) is 5.70. The van der Waals surface area contributed by atoms with E-state index in [9.17, 15) is 9.59 Å². The van der Waals surface area contributed by atoms with Crippen LogP contribution in [0.25, 0.3) is 10.9 Å². The second-order valence-corrected chi connectivity index (χ2v) is 7.31. The number of carbonyl (C=O) groups is 2. The van der Waals surface area contributed by atoms with Crippen LogP contribution in [0.1, 0.15) is 49.0 Å². The highest BCUT2D eigenvalue weighted by atomic mass is 16.5. The Morgan fingerprint density at radius 2 is 1.85 bits per heavy atom. The van der Waals surface area contributed by atoms with E-state index in [1.54, 1.807) is 6.07 Å². The minimum atomic E-state index is -0.540. The Balaban J connectivity index is 1.39. The zero-order valence-electron chi connectivity index (χ0n) is 14.9. The zero-order chi connectivity index (χ0) is 17.9. The van der Waals surface area contributed by atoms with Crippen molar-refractivity contribution in [3.05, 3.63) is 42.1 Å². The van der Waals surface area contributed by atoms with Crippen molar-refractivity contribution in [1.29, 1.82) is 0 Å². The van der Waals surface area contributed by atoms with E-state index in [2.05, 4.69) is 4.98 Å². The summed E-state index contributed by atoms with van der Waals surface area (Å²) < 4.78 is 5.28. The number of para-hydroxylation sites is 1. The molecule has 0 spiro atoms. The Hall–Kier alpha value is -2.43. The lowest BCUT2D eigenvalue weighted by Gasteiger charge is -2.44. The Bertz CT molecular complexity index is 818. The monoisotopic (exact) mass is 352 g/mol. The molecule has 1 aromatic heterocycles. The minimum absolute atomic E-state index is 0.0734. The highest BCUT2D eigenvalue weighted by molar-refractivity contribution is 5.92. The number of amides is 1. The SMILES string of the molecule is O=C(OCC(=O)N1CCC[C@H]2CCCC[C@@H]21)c1ccc2ccccc2n1. The molecule has 2 aromatic rings. The molecule has 2 atom stereocenters. The van der Waals surface area contributed by atoms with Crippen LogP contribution in [0.3, 0.4) is 0 Å². The fourth-order valence-corrected chi connectivity index (χ4v) is 4.40. The first kappa shape index (κ1) is 17.0. The molecule has 1 aromatic carbocycles. The van der Waals surface area contributed by atoms with Gasteiger partial charge < -0.3 is 9.64 Å². The number of ether oxygens (including phenoxy) is 1. The Morgan fingerprint density at radius 3 is 2.77 bits per heavy atom. The van der Waals surface area contributed by atoms with E-state index in [0.29, 0.717) is 12.0 Å². The maximum absolute atomic E-state index is 12.6. The normalized spacial score (nSPS) is 22.7. The highest BCUT2D eigenvalue weighted by Crippen LogP contribution is 2.35. The van der Waals surface area contributed by atoms with E-state index in [4.69, 9.17) is 4.74 Å². The quantitative estimate of drug-likeness (QED) is 0.793. The average Bonchev–Trinajstić information content (AvgIpc) is 2.71. The number of hydrogen-bond donors (Lipinski definition) is 0. The van der Waals surface area contributed by atoms with Crippen molar-refractivity contribution in [3.63, 3.8) is 0 Å². The standard InChI is InChI=1S/C21H24N2O3/c24-20(23-13-5-8-16-7-2-4-10-19(16)23)14-26-21(25)18-12-11-15-6-1-3-9-17(15)22-18/h1,3,6,9,11-12,16,19H,2,4-5,7-8,10,13-14H2/t16-,19+/m1/s1. The molecule has 1 saturated carbocycles. The molecule has 0 radical (unpaired) electrons. The number of nitrogens with zero attached hydrogens (tertiary/aromatic N) is 2. The van der Waals surface area contributed by atoms with Gasteiger partial charge in [-0.15, -0.1) is 0 Å². The van der Waals surface area contributed by atoms with Gasteiger partial charge in [0.15, 0.2) is 6.61 Å². The molecule has 4 rings (SSSR count). The molecule has 5 nitrogen and oxygen atoms in total. The molecule has 1 saturated heterocycles. The van der Waals surface area contributed by atoms with Crippen LogP contribution in [0.15, 0.2) is 36.4 Å². The fraction of sp³-hybridized carbons (Fsp3) is 0.476. The molecule has 2 heterocycles. The van der Waals surface area contributed by atoms with Gasteiger partial charge in [-0.2, -0.15) is 0 Å². The summed E-state index contributed by atoms with van der Waals surface area (Å²) in [6.45, 7) is 0.586. The summed E-state index contributed by atoms with van der Waals surface area (Å²) in [7, 11) is 0. The molecule has 1 aliphatic heterocycles. The molecule has 5 heteroatoms. The van der Waals surface area contributed by atoms with E-state index in [0.717, 1.165) is 30.3 Å². The average molecular weight is 352 g/mol. The predicted molar refractivity (Wildman–Crippen MR) is 98.7 cm³/mol. The topological polar surface area (TPSA) is 59.5 Å². The molecule has 26 heavy (non-hydrogen) atoms. The van der Waals surface area contributed by atoms with Crippen LogP contribution in [0.2, 0.25) is 0 Å². The smallest absolute Gasteiger partial charge is 0.357 e. The molecule has 2 aliphatic rings. The maximum atomic E-state index is 12.6. The molecular formula is C21H24N2O3. The third kappa shape index (κ3) is 3.43. The molecule has 0 unspecified atom stereocenters. The first-order valence-electron chi connectivity index (χ1n) is 9.55. The van der Waals surface area contributed by atoms with Gasteiger partial charge >= 0.3 is 5.97 Å². The lowest BCUT2D eigenvalue weighted by Crippen LogP contribution is -2.50. The van der Waals surface area contributed by atoms with Crippen LogP contribution in [0.4, 0.5) is 0 Å². The Kier molecular flexibility index (Phi) is 4.87. The van der Waals surface area contributed by atoms with Gasteiger partial charge in [0, 0.05) is 18.0 Å². The van der Waals surface area contributed by atoms with E-state index in [-0.39, 0.29) is 18.2 Å². The van der Waals surface area contributed by atoms with E-state index >= 15 is 0 Å². The number of aromatic nitrogens is 1. The molecular weight excluding hydrogens is 328 g/mol. The van der Waals surface area contributed by atoms with Gasteiger partial charge in [-0.05, 0) is 43.7 Å². The Morgan fingerprint density at radius 1 is 1.04 bits per heavy atom. The second kappa shape index (κ2) is 7.44. The number of likely N-dealkylation sites (tertiary alicyclic amines) is 1. The number of piperidine rings is 1. The first-order chi connectivity index (χ1) is 12.7. The molecule has 0 N–H and O–H groups in total. The number of hydrogen-bond acceptors (Lipinski definition) is 4. The lowest BCUT2D eigenvalue weighted by molar-refractivity contribution is -0.140. The van der Waals surface area contributed by atoms with Gasteiger partial charge in [0.05, 0.1) is 5.52 Å². The van der Waals surface area contributed by atoms with Crippen LogP contribution in [-0.4, -0.2) is 41.0 Å². The van der Waals surface area contributed by atoms with Crippen molar-refractivity contribution in [3.8, 4) is 0 Å². The minimum Gasteiger partial charge on any atom is -0.451 e. The van der Waals surface area contributed by atoms with E-state index in [1.807, 2.05) is 35.2 Å². The summed E-state index contributed by atoms with van der Waals surface area (Å²) in [6, 6.07) is 11.4. The van der Waals surface area contributed by atoms with Crippen LogP contribution in [0, 0.1) is 5.92 Å². The van der Waals surface area contributed by atoms with E-state index in [1.165, 1.54) is 25.7 Å². The van der Waals surface area contributed by atoms with Crippen molar-refractivity contribution < 1.29 is 14.3 Å². The molecule has 0 bridgehead atoms. The lowest BCUT2D eigenvalue weighted by atomic mass is 9.78. The third-order valence-electron chi connectivity index (χ3n) is 5.70. The number of fused-ring (bicyclic) bond motifs is 2. The number of benzene rings is 1. The second-order valence-electron chi connectivity index (χ2n) is 7.31. The fourth-order valence-electron chi connectivity index (χ4n) is 4.40. The number of rotatable bonds is 3.